The topological polar surface area (TPSA) is 70.9 Å². The molecular formula is C14H14N4O. The molecule has 0 atom stereocenters. The van der Waals surface area contributed by atoms with Crippen molar-refractivity contribution in [3.05, 3.63) is 69.9 Å². The maximum atomic E-state index is 8.39. The number of aryl methyl sites for hydroxylation is 1. The zero-order valence-electron chi connectivity index (χ0n) is 10.7. The van der Waals surface area contributed by atoms with Crippen LogP contribution in [-0.4, -0.2) is 4.98 Å². The molecule has 2 aromatic rings. The molecule has 0 radical (unpaired) electrons. The molecule has 0 unspecified atom stereocenters. The largest absolute Gasteiger partial charge is 0.487 e. The van der Waals surface area contributed by atoms with Gasteiger partial charge in [0.1, 0.15) is 12.4 Å². The summed E-state index contributed by atoms with van der Waals surface area (Å²) < 4.78 is 5.73. The van der Waals surface area contributed by atoms with Crippen LogP contribution in [0.2, 0.25) is 0 Å². The second-order valence-electron chi connectivity index (χ2n) is 4.06. The number of hydrogen-bond donors (Lipinski definition) is 0. The summed E-state index contributed by atoms with van der Waals surface area (Å²) in [5, 5.41) is 3.54. The molecule has 0 N–H and O–H groups in total. The van der Waals surface area contributed by atoms with Gasteiger partial charge in [0.05, 0.1) is 12.2 Å². The number of hydrogen-bond acceptors (Lipinski definition) is 3. The lowest BCUT2D eigenvalue weighted by atomic mass is 10.2. The fraction of sp³-hybridized carbons (Fsp3) is 0.214. The molecule has 1 aromatic carbocycles. The van der Waals surface area contributed by atoms with Gasteiger partial charge >= 0.3 is 0 Å². The Hall–Kier alpha value is -2.52. The van der Waals surface area contributed by atoms with E-state index in [0.717, 1.165) is 11.3 Å². The third-order valence-electron chi connectivity index (χ3n) is 2.59. The molecule has 1 heterocycles. The van der Waals surface area contributed by atoms with Gasteiger partial charge < -0.3 is 4.74 Å². The van der Waals surface area contributed by atoms with Gasteiger partial charge in [0.25, 0.3) is 0 Å². The molecule has 0 saturated carbocycles. The Balaban J connectivity index is 2.13. The van der Waals surface area contributed by atoms with Crippen molar-refractivity contribution < 1.29 is 4.74 Å². The SMILES string of the molecule is Cc1ccc(OCc2ccccc2)c(CN=[N+]=[N-])n1. The van der Waals surface area contributed by atoms with Crippen LogP contribution in [0.3, 0.4) is 0 Å². The Morgan fingerprint density at radius 1 is 1.21 bits per heavy atom. The number of benzene rings is 1. The molecule has 0 spiro atoms. The fourth-order valence-corrected chi connectivity index (χ4v) is 1.68. The first kappa shape index (κ1) is 12.9. The predicted octanol–water partition coefficient (Wildman–Crippen LogP) is 3.78. The normalized spacial score (nSPS) is 9.74. The van der Waals surface area contributed by atoms with Crippen LogP contribution >= 0.6 is 0 Å². The first-order chi connectivity index (χ1) is 9.29. The second-order valence-corrected chi connectivity index (χ2v) is 4.06. The third kappa shape index (κ3) is 3.72. The van der Waals surface area contributed by atoms with Gasteiger partial charge in [-0.1, -0.05) is 35.4 Å². The van der Waals surface area contributed by atoms with Gasteiger partial charge in [0.2, 0.25) is 0 Å². The van der Waals surface area contributed by atoms with Crippen molar-refractivity contribution in [2.75, 3.05) is 0 Å². The molecule has 19 heavy (non-hydrogen) atoms. The van der Waals surface area contributed by atoms with E-state index in [0.29, 0.717) is 18.1 Å². The van der Waals surface area contributed by atoms with Crippen molar-refractivity contribution in [2.45, 2.75) is 20.1 Å². The van der Waals surface area contributed by atoms with Crippen LogP contribution in [0.15, 0.2) is 47.6 Å². The van der Waals surface area contributed by atoms with E-state index >= 15 is 0 Å². The zero-order valence-corrected chi connectivity index (χ0v) is 10.7. The lowest BCUT2D eigenvalue weighted by Gasteiger charge is -2.10. The Morgan fingerprint density at radius 2 is 2.00 bits per heavy atom. The highest BCUT2D eigenvalue weighted by Crippen LogP contribution is 2.19. The van der Waals surface area contributed by atoms with Gasteiger partial charge in [-0.15, -0.1) is 0 Å². The van der Waals surface area contributed by atoms with Gasteiger partial charge in [0, 0.05) is 10.6 Å². The predicted molar refractivity (Wildman–Crippen MR) is 72.6 cm³/mol. The molecule has 0 aliphatic rings. The Morgan fingerprint density at radius 3 is 2.74 bits per heavy atom. The number of rotatable bonds is 5. The minimum absolute atomic E-state index is 0.197. The molecule has 96 valence electrons. The molecule has 0 bridgehead atoms. The van der Waals surface area contributed by atoms with Crippen LogP contribution in [-0.2, 0) is 13.2 Å². The highest BCUT2D eigenvalue weighted by molar-refractivity contribution is 5.29. The average molecular weight is 254 g/mol. The smallest absolute Gasteiger partial charge is 0.141 e. The van der Waals surface area contributed by atoms with E-state index in [2.05, 4.69) is 15.0 Å². The number of azide groups is 1. The number of nitrogens with zero attached hydrogens (tertiary/aromatic N) is 4. The van der Waals surface area contributed by atoms with Gasteiger partial charge in [-0.2, -0.15) is 0 Å². The van der Waals surface area contributed by atoms with E-state index in [-0.39, 0.29) is 6.54 Å². The molecule has 0 aliphatic carbocycles. The van der Waals surface area contributed by atoms with Crippen molar-refractivity contribution in [2.24, 2.45) is 5.11 Å². The Kier molecular flexibility index (Phi) is 4.37. The van der Waals surface area contributed by atoms with E-state index < -0.39 is 0 Å². The fourth-order valence-electron chi connectivity index (χ4n) is 1.68. The van der Waals surface area contributed by atoms with Crippen LogP contribution in [0, 0.1) is 6.92 Å². The molecule has 5 nitrogen and oxygen atoms in total. The molecule has 0 saturated heterocycles. The first-order valence-corrected chi connectivity index (χ1v) is 5.93. The van der Waals surface area contributed by atoms with Crippen molar-refractivity contribution in [1.29, 1.82) is 0 Å². The average Bonchev–Trinajstić information content (AvgIpc) is 2.45. The molecule has 0 fully saturated rings. The number of ether oxygens (including phenoxy) is 1. The summed E-state index contributed by atoms with van der Waals surface area (Å²) in [6.07, 6.45) is 0. The van der Waals surface area contributed by atoms with Crippen LogP contribution in [0.5, 0.6) is 5.75 Å². The van der Waals surface area contributed by atoms with E-state index in [4.69, 9.17) is 10.3 Å². The standard InChI is InChI=1S/C14H14N4O/c1-11-7-8-14(13(17-11)9-16-18-15)19-10-12-5-3-2-4-6-12/h2-8H,9-10H2,1H3. The summed E-state index contributed by atoms with van der Waals surface area (Å²) in [6.45, 7) is 2.55. The Bertz CT molecular complexity index is 592. The molecule has 0 amide bonds. The summed E-state index contributed by atoms with van der Waals surface area (Å²) in [7, 11) is 0. The number of aromatic nitrogens is 1. The summed E-state index contributed by atoms with van der Waals surface area (Å²) in [6, 6.07) is 13.6. The van der Waals surface area contributed by atoms with Crippen molar-refractivity contribution in [3.8, 4) is 5.75 Å². The number of pyridine rings is 1. The highest BCUT2D eigenvalue weighted by atomic mass is 16.5. The molecule has 2 rings (SSSR count). The highest BCUT2D eigenvalue weighted by Gasteiger charge is 2.05. The van der Waals surface area contributed by atoms with Gasteiger partial charge in [-0.3, -0.25) is 4.98 Å². The third-order valence-corrected chi connectivity index (χ3v) is 2.59. The quantitative estimate of drug-likeness (QED) is 0.462. The second kappa shape index (κ2) is 6.42. The monoisotopic (exact) mass is 254 g/mol. The van der Waals surface area contributed by atoms with E-state index in [9.17, 15) is 0 Å². The maximum Gasteiger partial charge on any atom is 0.141 e. The van der Waals surface area contributed by atoms with Gasteiger partial charge in [0.15, 0.2) is 0 Å². The first-order valence-electron chi connectivity index (χ1n) is 5.93. The van der Waals surface area contributed by atoms with E-state index in [1.54, 1.807) is 0 Å². The lowest BCUT2D eigenvalue weighted by Crippen LogP contribution is -2.00. The minimum Gasteiger partial charge on any atom is -0.487 e. The Labute approximate surface area is 111 Å². The summed E-state index contributed by atoms with van der Waals surface area (Å²) in [4.78, 5) is 7.08. The van der Waals surface area contributed by atoms with Crippen molar-refractivity contribution >= 4 is 0 Å². The van der Waals surface area contributed by atoms with Gasteiger partial charge in [-0.05, 0) is 30.2 Å². The summed E-state index contributed by atoms with van der Waals surface area (Å²) >= 11 is 0. The lowest BCUT2D eigenvalue weighted by molar-refractivity contribution is 0.301. The van der Waals surface area contributed by atoms with Crippen LogP contribution in [0.4, 0.5) is 0 Å². The summed E-state index contributed by atoms with van der Waals surface area (Å²) in [5.41, 5.74) is 11.0. The van der Waals surface area contributed by atoms with E-state index in [1.807, 2.05) is 49.4 Å². The zero-order chi connectivity index (χ0) is 13.5. The van der Waals surface area contributed by atoms with Crippen molar-refractivity contribution in [3.63, 3.8) is 0 Å². The molecule has 1 aromatic heterocycles. The van der Waals surface area contributed by atoms with Crippen LogP contribution < -0.4 is 4.74 Å². The van der Waals surface area contributed by atoms with Crippen LogP contribution in [0.1, 0.15) is 17.0 Å². The molecular weight excluding hydrogens is 240 g/mol. The van der Waals surface area contributed by atoms with Crippen LogP contribution in [0.25, 0.3) is 10.4 Å². The van der Waals surface area contributed by atoms with E-state index in [1.165, 1.54) is 0 Å². The minimum atomic E-state index is 0.197. The molecule has 5 heteroatoms. The summed E-state index contributed by atoms with van der Waals surface area (Å²) in [5.74, 6) is 0.654. The molecule has 0 aliphatic heterocycles. The van der Waals surface area contributed by atoms with Crippen molar-refractivity contribution in [1.82, 2.24) is 4.98 Å². The van der Waals surface area contributed by atoms with Gasteiger partial charge in [-0.25, -0.2) is 0 Å². The maximum absolute atomic E-state index is 8.39.